The molecule has 5 heteroatoms. The number of aromatic nitrogens is 3. The molecule has 0 amide bonds. The van der Waals surface area contributed by atoms with Crippen LogP contribution < -0.4 is 25.5 Å². The molecule has 49 heavy (non-hydrogen) atoms. The van der Waals surface area contributed by atoms with Gasteiger partial charge in [-0.25, -0.2) is 4.98 Å². The van der Waals surface area contributed by atoms with Crippen molar-refractivity contribution in [2.45, 2.75) is 6.61 Å². The van der Waals surface area contributed by atoms with Crippen molar-refractivity contribution in [3.8, 4) is 17.1 Å². The quantitative estimate of drug-likeness (QED) is 0.144. The van der Waals surface area contributed by atoms with Crippen LogP contribution in [0.5, 0.6) is 5.75 Å². The van der Waals surface area contributed by atoms with Crippen LogP contribution in [-0.2, 0) is 6.61 Å². The number of fused-ring (bicyclic) bond motifs is 8. The fraction of sp³-hybridized carbons (Fsp3) is 0.0227. The van der Waals surface area contributed by atoms with Gasteiger partial charge in [-0.1, -0.05) is 133 Å². The summed E-state index contributed by atoms with van der Waals surface area (Å²) in [5, 5.41) is 7.91. The Kier molecular flexibility index (Phi) is 6.23. The molecule has 0 fully saturated rings. The Morgan fingerprint density at radius 1 is 0.469 bits per heavy atom. The maximum Gasteiger partial charge on any atom is 0.179 e. The van der Waals surface area contributed by atoms with Crippen molar-refractivity contribution in [3.63, 3.8) is 0 Å². The van der Waals surface area contributed by atoms with E-state index in [0.717, 1.165) is 34.0 Å². The molecule has 0 atom stereocenters. The highest BCUT2D eigenvalue weighted by Gasteiger charge is 2.41. The normalized spacial score (nSPS) is 12.6. The molecule has 10 rings (SSSR count). The van der Waals surface area contributed by atoms with Crippen LogP contribution in [0, 0.1) is 0 Å². The van der Waals surface area contributed by atoms with Gasteiger partial charge in [0.1, 0.15) is 12.4 Å². The van der Waals surface area contributed by atoms with E-state index in [1.165, 1.54) is 42.6 Å². The third kappa shape index (κ3) is 4.12. The monoisotopic (exact) mass is 645 g/mol. The minimum Gasteiger partial charge on any atom is -0.483 e. The number of imidazole rings is 1. The molecule has 0 saturated carbocycles. The van der Waals surface area contributed by atoms with Crippen LogP contribution >= 0.6 is 0 Å². The van der Waals surface area contributed by atoms with Crippen molar-refractivity contribution in [2.75, 3.05) is 0 Å². The Morgan fingerprint density at radius 2 is 1.08 bits per heavy atom. The summed E-state index contributed by atoms with van der Waals surface area (Å²) in [5.41, 5.74) is 6.53. The van der Waals surface area contributed by atoms with Crippen LogP contribution in [0.1, 0.15) is 5.82 Å². The zero-order valence-corrected chi connectivity index (χ0v) is 27.7. The van der Waals surface area contributed by atoms with E-state index in [9.17, 15) is 0 Å². The summed E-state index contributed by atoms with van der Waals surface area (Å²) < 4.78 is 10.7. The lowest BCUT2D eigenvalue weighted by Gasteiger charge is -2.34. The zero-order chi connectivity index (χ0) is 32.4. The van der Waals surface area contributed by atoms with E-state index in [1.54, 1.807) is 0 Å². The topological polar surface area (TPSA) is 32.0 Å². The van der Waals surface area contributed by atoms with E-state index in [4.69, 9.17) is 9.72 Å². The highest BCUT2D eigenvalue weighted by atomic mass is 28.3. The second-order valence-corrected chi connectivity index (χ2v) is 16.5. The molecule has 0 unspecified atom stereocenters. The largest absolute Gasteiger partial charge is 0.483 e. The fourth-order valence-corrected chi connectivity index (χ4v) is 12.8. The van der Waals surface area contributed by atoms with Gasteiger partial charge in [-0.2, -0.15) is 0 Å². The van der Waals surface area contributed by atoms with Gasteiger partial charge in [0.05, 0.1) is 27.8 Å². The fourth-order valence-electron chi connectivity index (χ4n) is 8.08. The SMILES string of the molecule is c1ccc([Si](c2ccccc2)(c2ccccc2)c2ccc3c4ccccc4n(-c4ccc5c(c4)nc4n5-c5ccccc5OC4)c3c2)cc1. The molecule has 3 heterocycles. The zero-order valence-electron chi connectivity index (χ0n) is 26.7. The van der Waals surface area contributed by atoms with Crippen molar-refractivity contribution in [1.82, 2.24) is 14.1 Å². The van der Waals surface area contributed by atoms with E-state index in [1.807, 2.05) is 12.1 Å². The van der Waals surface area contributed by atoms with E-state index in [0.29, 0.717) is 6.61 Å². The van der Waals surface area contributed by atoms with E-state index < -0.39 is 8.07 Å². The molecule has 0 aliphatic carbocycles. The van der Waals surface area contributed by atoms with Crippen LogP contribution in [-0.4, -0.2) is 22.2 Å². The van der Waals surface area contributed by atoms with Gasteiger partial charge in [0, 0.05) is 16.5 Å². The molecule has 0 radical (unpaired) electrons. The van der Waals surface area contributed by atoms with Gasteiger partial charge >= 0.3 is 0 Å². The van der Waals surface area contributed by atoms with Crippen LogP contribution in [0.4, 0.5) is 0 Å². The van der Waals surface area contributed by atoms with Crippen molar-refractivity contribution in [2.24, 2.45) is 0 Å². The molecule has 232 valence electrons. The molecule has 0 saturated heterocycles. The van der Waals surface area contributed by atoms with Crippen molar-refractivity contribution in [1.29, 1.82) is 0 Å². The molecular formula is C44H31N3OSi. The van der Waals surface area contributed by atoms with Gasteiger partial charge in [0.15, 0.2) is 13.9 Å². The standard InChI is InChI=1S/C44H31N3OSi/c1-4-14-32(15-5-1)49(33-16-6-2-7-17-33,34-18-8-3-9-19-34)35-25-26-37-36-20-10-11-21-39(36)46(42(37)29-35)31-24-27-40-38(28-31)45-44-30-48-43-23-13-12-22-41(43)47(40)44/h1-29H,30H2. The van der Waals surface area contributed by atoms with Gasteiger partial charge in [-0.05, 0) is 63.2 Å². The molecule has 0 bridgehead atoms. The molecule has 0 N–H and O–H groups in total. The summed E-state index contributed by atoms with van der Waals surface area (Å²) in [5.74, 6) is 1.80. The molecular weight excluding hydrogens is 615 g/mol. The van der Waals surface area contributed by atoms with Crippen LogP contribution in [0.3, 0.4) is 0 Å². The maximum atomic E-state index is 6.07. The highest BCUT2D eigenvalue weighted by Crippen LogP contribution is 2.36. The molecule has 1 aliphatic rings. The first-order valence-corrected chi connectivity index (χ1v) is 18.7. The molecule has 9 aromatic rings. The summed E-state index contributed by atoms with van der Waals surface area (Å²) in [6, 6.07) is 64.2. The molecule has 1 aliphatic heterocycles. The Balaban J connectivity index is 1.26. The first-order chi connectivity index (χ1) is 24.3. The van der Waals surface area contributed by atoms with Crippen molar-refractivity contribution < 1.29 is 4.74 Å². The Bertz CT molecular complexity index is 2560. The van der Waals surface area contributed by atoms with Crippen LogP contribution in [0.2, 0.25) is 0 Å². The van der Waals surface area contributed by atoms with Gasteiger partial charge in [0.2, 0.25) is 0 Å². The molecule has 0 spiro atoms. The third-order valence-electron chi connectivity index (χ3n) is 10.2. The second kappa shape index (κ2) is 10.9. The lowest BCUT2D eigenvalue weighted by molar-refractivity contribution is 0.280. The first kappa shape index (κ1) is 27.9. The maximum absolute atomic E-state index is 6.07. The van der Waals surface area contributed by atoms with Crippen LogP contribution in [0.25, 0.3) is 44.2 Å². The Labute approximate surface area is 285 Å². The van der Waals surface area contributed by atoms with Gasteiger partial charge in [0.25, 0.3) is 0 Å². The van der Waals surface area contributed by atoms with Crippen molar-refractivity contribution in [3.05, 3.63) is 182 Å². The number of para-hydroxylation sites is 3. The van der Waals surface area contributed by atoms with E-state index >= 15 is 0 Å². The minimum absolute atomic E-state index is 0.449. The average molecular weight is 646 g/mol. The minimum atomic E-state index is -2.72. The summed E-state index contributed by atoms with van der Waals surface area (Å²) in [7, 11) is -2.72. The summed E-state index contributed by atoms with van der Waals surface area (Å²) >= 11 is 0. The van der Waals surface area contributed by atoms with Crippen LogP contribution in [0.15, 0.2) is 176 Å². The predicted octanol–water partition coefficient (Wildman–Crippen LogP) is 7.39. The first-order valence-electron chi connectivity index (χ1n) is 16.7. The molecule has 4 nitrogen and oxygen atoms in total. The third-order valence-corrected chi connectivity index (χ3v) is 14.9. The number of hydrogen-bond acceptors (Lipinski definition) is 2. The Morgan fingerprint density at radius 3 is 1.80 bits per heavy atom. The van der Waals surface area contributed by atoms with Gasteiger partial charge < -0.3 is 9.30 Å². The second-order valence-electron chi connectivity index (χ2n) is 12.7. The number of benzene rings is 7. The van der Waals surface area contributed by atoms with E-state index in [2.05, 4.69) is 173 Å². The van der Waals surface area contributed by atoms with Gasteiger partial charge in [-0.3, -0.25) is 4.57 Å². The smallest absolute Gasteiger partial charge is 0.179 e. The van der Waals surface area contributed by atoms with Gasteiger partial charge in [-0.15, -0.1) is 0 Å². The number of ether oxygens (including phenoxy) is 1. The molecule has 2 aromatic heterocycles. The van der Waals surface area contributed by atoms with Crippen molar-refractivity contribution >= 4 is 61.7 Å². The Hall–Kier alpha value is -6.17. The average Bonchev–Trinajstić information content (AvgIpc) is 3.72. The number of hydrogen-bond donors (Lipinski definition) is 0. The number of rotatable bonds is 5. The highest BCUT2D eigenvalue weighted by molar-refractivity contribution is 7.20. The predicted molar refractivity (Wildman–Crippen MR) is 203 cm³/mol. The lowest BCUT2D eigenvalue weighted by atomic mass is 10.1. The molecule has 7 aromatic carbocycles. The summed E-state index contributed by atoms with van der Waals surface area (Å²) in [4.78, 5) is 5.09. The summed E-state index contributed by atoms with van der Waals surface area (Å²) in [6.07, 6.45) is 0. The lowest BCUT2D eigenvalue weighted by Crippen LogP contribution is -2.74. The van der Waals surface area contributed by atoms with E-state index in [-0.39, 0.29) is 0 Å². The number of nitrogens with zero attached hydrogens (tertiary/aromatic N) is 3. The summed E-state index contributed by atoms with van der Waals surface area (Å²) in [6.45, 7) is 0.449.